The Labute approximate surface area is 101 Å². The van der Waals surface area contributed by atoms with E-state index in [2.05, 4.69) is 20.6 Å². The quantitative estimate of drug-likeness (QED) is 0.833. The molecule has 0 saturated heterocycles. The molecule has 17 heavy (non-hydrogen) atoms. The zero-order chi connectivity index (χ0) is 12.5. The summed E-state index contributed by atoms with van der Waals surface area (Å²) >= 11 is 0. The highest BCUT2D eigenvalue weighted by Gasteiger charge is 2.24. The molecule has 0 aliphatic heterocycles. The molecule has 1 aromatic heterocycles. The van der Waals surface area contributed by atoms with Gasteiger partial charge in [0.15, 0.2) is 0 Å². The van der Waals surface area contributed by atoms with Crippen molar-refractivity contribution in [3.05, 3.63) is 18.0 Å². The fraction of sp³-hybridized carbons (Fsp3) is 0.583. The van der Waals surface area contributed by atoms with Crippen LogP contribution in [0.4, 0.5) is 5.95 Å². The lowest BCUT2D eigenvalue weighted by atomic mass is 10.1. The van der Waals surface area contributed by atoms with Gasteiger partial charge in [-0.25, -0.2) is 9.97 Å². The minimum absolute atomic E-state index is 0.119. The topological polar surface area (TPSA) is 66.9 Å². The predicted molar refractivity (Wildman–Crippen MR) is 65.9 cm³/mol. The van der Waals surface area contributed by atoms with Crippen LogP contribution in [0.3, 0.4) is 0 Å². The Kier molecular flexibility index (Phi) is 3.00. The second kappa shape index (κ2) is 4.31. The summed E-state index contributed by atoms with van der Waals surface area (Å²) in [5.41, 5.74) is 0.296. The van der Waals surface area contributed by atoms with Crippen molar-refractivity contribution in [2.75, 3.05) is 5.32 Å². The van der Waals surface area contributed by atoms with Gasteiger partial charge >= 0.3 is 0 Å². The molecule has 2 N–H and O–H groups in total. The van der Waals surface area contributed by atoms with Gasteiger partial charge in [0.05, 0.1) is 0 Å². The Morgan fingerprint density at radius 2 is 2.12 bits per heavy atom. The van der Waals surface area contributed by atoms with Crippen LogP contribution >= 0.6 is 0 Å². The first-order valence-electron chi connectivity index (χ1n) is 5.86. The fourth-order valence-electron chi connectivity index (χ4n) is 1.37. The minimum Gasteiger partial charge on any atom is -0.350 e. The van der Waals surface area contributed by atoms with Gasteiger partial charge in [-0.1, -0.05) is 0 Å². The zero-order valence-corrected chi connectivity index (χ0v) is 10.4. The third kappa shape index (κ3) is 3.69. The number of anilines is 1. The smallest absolute Gasteiger partial charge is 0.270 e. The van der Waals surface area contributed by atoms with Crippen LogP contribution in [0.1, 0.15) is 44.1 Å². The number of carbonyl (C=O) groups is 1. The van der Waals surface area contributed by atoms with Crippen LogP contribution in [0.5, 0.6) is 0 Å². The second-order valence-corrected chi connectivity index (χ2v) is 5.39. The summed E-state index contributed by atoms with van der Waals surface area (Å²) in [6.45, 7) is 6.06. The first kappa shape index (κ1) is 11.8. The van der Waals surface area contributed by atoms with Gasteiger partial charge in [0.25, 0.3) is 5.91 Å². The molecular weight excluding hydrogens is 216 g/mol. The largest absolute Gasteiger partial charge is 0.350 e. The lowest BCUT2D eigenvalue weighted by molar-refractivity contribution is 0.0946. The van der Waals surface area contributed by atoms with Crippen molar-refractivity contribution >= 4 is 11.9 Å². The van der Waals surface area contributed by atoms with Crippen molar-refractivity contribution < 1.29 is 4.79 Å². The maximum atomic E-state index is 11.8. The highest BCUT2D eigenvalue weighted by Crippen LogP contribution is 2.19. The Morgan fingerprint density at radius 1 is 1.41 bits per heavy atom. The van der Waals surface area contributed by atoms with Crippen molar-refractivity contribution in [3.63, 3.8) is 0 Å². The number of amides is 1. The molecule has 2 rings (SSSR count). The number of nitrogens with zero attached hydrogens (tertiary/aromatic N) is 2. The van der Waals surface area contributed by atoms with Gasteiger partial charge in [-0.15, -0.1) is 0 Å². The molecule has 0 spiro atoms. The molecule has 0 atom stereocenters. The number of carbonyl (C=O) groups excluding carboxylic acids is 1. The molecule has 0 aromatic carbocycles. The molecule has 1 aliphatic rings. The highest BCUT2D eigenvalue weighted by molar-refractivity contribution is 5.92. The van der Waals surface area contributed by atoms with E-state index in [-0.39, 0.29) is 11.4 Å². The van der Waals surface area contributed by atoms with Gasteiger partial charge in [-0.2, -0.15) is 0 Å². The number of hydrogen-bond acceptors (Lipinski definition) is 4. The first-order chi connectivity index (χ1) is 7.94. The monoisotopic (exact) mass is 234 g/mol. The molecule has 1 aliphatic carbocycles. The van der Waals surface area contributed by atoms with Crippen LogP contribution in [0.15, 0.2) is 12.3 Å². The zero-order valence-electron chi connectivity index (χ0n) is 10.4. The normalized spacial score (nSPS) is 15.5. The van der Waals surface area contributed by atoms with E-state index in [1.165, 1.54) is 0 Å². The summed E-state index contributed by atoms with van der Waals surface area (Å²) in [5, 5.41) is 6.05. The SMILES string of the molecule is CC(C)(C)Nc1nccc(C(=O)NC2CC2)n1. The van der Waals surface area contributed by atoms with Crippen LogP contribution < -0.4 is 10.6 Å². The van der Waals surface area contributed by atoms with Gasteiger partial charge in [0, 0.05) is 17.8 Å². The first-order valence-corrected chi connectivity index (χ1v) is 5.86. The van der Waals surface area contributed by atoms with Crippen LogP contribution in [-0.4, -0.2) is 27.5 Å². The van der Waals surface area contributed by atoms with E-state index in [0.717, 1.165) is 12.8 Å². The lowest BCUT2D eigenvalue weighted by Crippen LogP contribution is -2.29. The van der Waals surface area contributed by atoms with E-state index >= 15 is 0 Å². The molecule has 1 saturated carbocycles. The Hall–Kier alpha value is -1.65. The summed E-state index contributed by atoms with van der Waals surface area (Å²) in [6.07, 6.45) is 3.75. The van der Waals surface area contributed by atoms with Gasteiger partial charge in [-0.05, 0) is 39.7 Å². The molecule has 1 aromatic rings. The second-order valence-electron chi connectivity index (χ2n) is 5.39. The minimum atomic E-state index is -0.119. The number of nitrogens with one attached hydrogen (secondary N) is 2. The van der Waals surface area contributed by atoms with E-state index < -0.39 is 0 Å². The predicted octanol–water partition coefficient (Wildman–Crippen LogP) is 1.58. The molecule has 1 fully saturated rings. The van der Waals surface area contributed by atoms with Crippen molar-refractivity contribution in [3.8, 4) is 0 Å². The molecule has 0 radical (unpaired) electrons. The summed E-state index contributed by atoms with van der Waals surface area (Å²) in [4.78, 5) is 20.1. The Bertz CT molecular complexity index is 421. The summed E-state index contributed by atoms with van der Waals surface area (Å²) in [6, 6.07) is 1.97. The molecule has 0 unspecified atom stereocenters. The van der Waals surface area contributed by atoms with Crippen LogP contribution in [0.2, 0.25) is 0 Å². The molecule has 1 heterocycles. The van der Waals surface area contributed by atoms with Crippen LogP contribution in [0.25, 0.3) is 0 Å². The number of hydrogen-bond donors (Lipinski definition) is 2. The van der Waals surface area contributed by atoms with Gasteiger partial charge < -0.3 is 10.6 Å². The van der Waals surface area contributed by atoms with Gasteiger partial charge in [0.2, 0.25) is 5.95 Å². The molecule has 0 bridgehead atoms. The standard InChI is InChI=1S/C12H18N4O/c1-12(2,3)16-11-13-7-6-9(15-11)10(17)14-8-4-5-8/h6-8H,4-5H2,1-3H3,(H,14,17)(H,13,15,16). The van der Waals surface area contributed by atoms with E-state index in [0.29, 0.717) is 17.7 Å². The summed E-state index contributed by atoms with van der Waals surface area (Å²) in [5.74, 6) is 0.368. The van der Waals surface area contributed by atoms with E-state index in [1.54, 1.807) is 12.3 Å². The van der Waals surface area contributed by atoms with Crippen LogP contribution in [0, 0.1) is 0 Å². The highest BCUT2D eigenvalue weighted by atomic mass is 16.2. The average molecular weight is 234 g/mol. The Balaban J connectivity index is 2.07. The maximum absolute atomic E-state index is 11.8. The molecular formula is C12H18N4O. The lowest BCUT2D eigenvalue weighted by Gasteiger charge is -2.20. The van der Waals surface area contributed by atoms with Gasteiger partial charge in [-0.3, -0.25) is 4.79 Å². The third-order valence-corrected chi connectivity index (χ3v) is 2.29. The van der Waals surface area contributed by atoms with Crippen LogP contribution in [-0.2, 0) is 0 Å². The molecule has 5 heteroatoms. The number of aromatic nitrogens is 2. The third-order valence-electron chi connectivity index (χ3n) is 2.29. The number of rotatable bonds is 3. The van der Waals surface area contributed by atoms with E-state index in [1.807, 2.05) is 20.8 Å². The van der Waals surface area contributed by atoms with Crippen molar-refractivity contribution in [1.82, 2.24) is 15.3 Å². The van der Waals surface area contributed by atoms with Gasteiger partial charge in [0.1, 0.15) is 5.69 Å². The average Bonchev–Trinajstić information content (AvgIpc) is 2.99. The van der Waals surface area contributed by atoms with Crippen molar-refractivity contribution in [2.45, 2.75) is 45.2 Å². The molecule has 92 valence electrons. The maximum Gasteiger partial charge on any atom is 0.270 e. The van der Waals surface area contributed by atoms with Crippen molar-refractivity contribution in [2.24, 2.45) is 0 Å². The molecule has 5 nitrogen and oxygen atoms in total. The van der Waals surface area contributed by atoms with E-state index in [4.69, 9.17) is 0 Å². The molecule has 1 amide bonds. The Morgan fingerprint density at radius 3 is 2.71 bits per heavy atom. The van der Waals surface area contributed by atoms with E-state index in [9.17, 15) is 4.79 Å². The summed E-state index contributed by atoms with van der Waals surface area (Å²) < 4.78 is 0. The van der Waals surface area contributed by atoms with Crippen molar-refractivity contribution in [1.29, 1.82) is 0 Å². The fourth-order valence-corrected chi connectivity index (χ4v) is 1.37. The summed E-state index contributed by atoms with van der Waals surface area (Å²) in [7, 11) is 0.